The fourth-order valence-corrected chi connectivity index (χ4v) is 4.70. The van der Waals surface area contributed by atoms with Crippen molar-refractivity contribution >= 4 is 11.6 Å². The Morgan fingerprint density at radius 3 is 2.09 bits per heavy atom. The van der Waals surface area contributed by atoms with Gasteiger partial charge in [-0.2, -0.15) is 0 Å². The van der Waals surface area contributed by atoms with E-state index < -0.39 is 0 Å². The van der Waals surface area contributed by atoms with Crippen LogP contribution in [-0.4, -0.2) is 17.9 Å². The Balaban J connectivity index is 1.17. The van der Waals surface area contributed by atoms with Gasteiger partial charge in [0.1, 0.15) is 0 Å². The fraction of sp³-hybridized carbons (Fsp3) is 0.194. The number of carbonyl (C=O) groups is 1. The first-order valence-corrected chi connectivity index (χ1v) is 12.1. The van der Waals surface area contributed by atoms with Gasteiger partial charge >= 0.3 is 0 Å². The Morgan fingerprint density at radius 1 is 0.743 bits per heavy atom. The number of amides is 1. The maximum absolute atomic E-state index is 12.5. The van der Waals surface area contributed by atoms with Crippen molar-refractivity contribution in [2.24, 2.45) is 0 Å². The lowest BCUT2D eigenvalue weighted by atomic mass is 10.1. The maximum Gasteiger partial charge on any atom is 0.251 e. The fourth-order valence-electron chi connectivity index (χ4n) is 4.70. The van der Waals surface area contributed by atoms with Crippen LogP contribution >= 0.6 is 0 Å². The quantitative estimate of drug-likeness (QED) is 0.362. The molecule has 1 aliphatic rings. The molecule has 4 aromatic rings. The highest BCUT2D eigenvalue weighted by molar-refractivity contribution is 5.94. The highest BCUT2D eigenvalue weighted by atomic mass is 16.1. The van der Waals surface area contributed by atoms with Crippen molar-refractivity contribution in [3.05, 3.63) is 137 Å². The lowest BCUT2D eigenvalue weighted by Gasteiger charge is -2.18. The summed E-state index contributed by atoms with van der Waals surface area (Å²) in [7, 11) is 2.17. The van der Waals surface area contributed by atoms with Gasteiger partial charge in [0, 0.05) is 44.0 Å². The van der Waals surface area contributed by atoms with E-state index in [1.165, 1.54) is 22.3 Å². The molecule has 0 aromatic heterocycles. The number of hydrogen-bond donors (Lipinski definition) is 1. The van der Waals surface area contributed by atoms with Crippen LogP contribution in [0.1, 0.15) is 38.2 Å². The van der Waals surface area contributed by atoms with Crippen molar-refractivity contribution in [1.82, 2.24) is 10.2 Å². The zero-order valence-corrected chi connectivity index (χ0v) is 20.2. The molecule has 0 bridgehead atoms. The van der Waals surface area contributed by atoms with Crippen LogP contribution < -0.4 is 10.2 Å². The Labute approximate surface area is 207 Å². The minimum Gasteiger partial charge on any atom is -0.363 e. The monoisotopic (exact) mass is 461 g/mol. The molecule has 0 spiro atoms. The summed E-state index contributed by atoms with van der Waals surface area (Å²) in [5.41, 5.74) is 8.37. The van der Waals surface area contributed by atoms with Crippen molar-refractivity contribution < 1.29 is 4.79 Å². The van der Waals surface area contributed by atoms with E-state index in [2.05, 4.69) is 82.8 Å². The van der Waals surface area contributed by atoms with Crippen LogP contribution in [0.5, 0.6) is 0 Å². The normalized spacial score (nSPS) is 12.6. The zero-order chi connectivity index (χ0) is 24.0. The standard InChI is InChI=1S/C31H31N3O/c1-33(20-25-10-6-3-7-11-25)21-26-12-13-28-22-34(23-29(28)18-26)30-16-14-27(15-17-30)31(35)32-19-24-8-4-2-5-9-24/h2-18H,19-23H2,1H3,(H,32,35). The minimum atomic E-state index is -0.0469. The molecule has 0 saturated heterocycles. The molecule has 176 valence electrons. The van der Waals surface area contributed by atoms with E-state index in [0.717, 1.165) is 37.4 Å². The average molecular weight is 462 g/mol. The predicted octanol–water partition coefficient (Wildman–Crippen LogP) is 5.77. The van der Waals surface area contributed by atoms with Crippen LogP contribution in [0.2, 0.25) is 0 Å². The molecule has 1 aliphatic heterocycles. The van der Waals surface area contributed by atoms with Crippen molar-refractivity contribution in [1.29, 1.82) is 0 Å². The summed E-state index contributed by atoms with van der Waals surface area (Å²) in [6.45, 7) is 4.19. The summed E-state index contributed by atoms with van der Waals surface area (Å²) in [4.78, 5) is 17.3. The van der Waals surface area contributed by atoms with Gasteiger partial charge in [-0.05, 0) is 59.1 Å². The first-order chi connectivity index (χ1) is 17.1. The van der Waals surface area contributed by atoms with Gasteiger partial charge in [0.25, 0.3) is 5.91 Å². The number of fused-ring (bicyclic) bond motifs is 1. The zero-order valence-electron chi connectivity index (χ0n) is 20.2. The van der Waals surface area contributed by atoms with E-state index in [4.69, 9.17) is 0 Å². The molecule has 0 atom stereocenters. The molecular weight excluding hydrogens is 430 g/mol. The number of anilines is 1. The summed E-state index contributed by atoms with van der Waals surface area (Å²) in [6.07, 6.45) is 0. The molecule has 1 heterocycles. The minimum absolute atomic E-state index is 0.0469. The third-order valence-corrected chi connectivity index (χ3v) is 6.53. The van der Waals surface area contributed by atoms with Gasteiger partial charge in [-0.1, -0.05) is 78.9 Å². The molecule has 0 aliphatic carbocycles. The molecule has 35 heavy (non-hydrogen) atoms. The van der Waals surface area contributed by atoms with Gasteiger partial charge < -0.3 is 10.2 Å². The van der Waals surface area contributed by atoms with E-state index in [1.54, 1.807) is 0 Å². The Bertz CT molecular complexity index is 1270. The van der Waals surface area contributed by atoms with Crippen LogP contribution in [-0.2, 0) is 32.7 Å². The van der Waals surface area contributed by atoms with Gasteiger partial charge in [-0.15, -0.1) is 0 Å². The third-order valence-electron chi connectivity index (χ3n) is 6.53. The SMILES string of the molecule is CN(Cc1ccccc1)Cc1ccc2c(c1)CN(c1ccc(C(=O)NCc3ccccc3)cc1)C2. The number of rotatable bonds is 8. The molecule has 4 aromatic carbocycles. The van der Waals surface area contributed by atoms with Crippen LogP contribution in [0.3, 0.4) is 0 Å². The number of hydrogen-bond acceptors (Lipinski definition) is 3. The summed E-state index contributed by atoms with van der Waals surface area (Å²) in [5.74, 6) is -0.0469. The first-order valence-electron chi connectivity index (χ1n) is 12.1. The summed E-state index contributed by atoms with van der Waals surface area (Å²) in [6, 6.07) is 35.4. The van der Waals surface area contributed by atoms with E-state index in [-0.39, 0.29) is 5.91 Å². The molecule has 4 nitrogen and oxygen atoms in total. The second kappa shape index (κ2) is 10.6. The first kappa shape index (κ1) is 22.9. The van der Waals surface area contributed by atoms with E-state index in [0.29, 0.717) is 12.1 Å². The maximum atomic E-state index is 12.5. The van der Waals surface area contributed by atoms with Crippen molar-refractivity contribution in [3.8, 4) is 0 Å². The highest BCUT2D eigenvalue weighted by Crippen LogP contribution is 2.29. The Kier molecular flexibility index (Phi) is 6.92. The second-order valence-corrected chi connectivity index (χ2v) is 9.33. The summed E-state index contributed by atoms with van der Waals surface area (Å²) in [5, 5.41) is 3.00. The summed E-state index contributed by atoms with van der Waals surface area (Å²) >= 11 is 0. The van der Waals surface area contributed by atoms with Gasteiger partial charge in [-0.25, -0.2) is 0 Å². The van der Waals surface area contributed by atoms with Crippen molar-refractivity contribution in [2.75, 3.05) is 11.9 Å². The molecule has 1 N–H and O–H groups in total. The lowest BCUT2D eigenvalue weighted by Crippen LogP contribution is -2.23. The smallest absolute Gasteiger partial charge is 0.251 e. The number of nitrogens with zero attached hydrogens (tertiary/aromatic N) is 2. The third kappa shape index (κ3) is 5.79. The number of nitrogens with one attached hydrogen (secondary N) is 1. The van der Waals surface area contributed by atoms with Crippen LogP contribution in [0.25, 0.3) is 0 Å². The van der Waals surface area contributed by atoms with E-state index in [1.807, 2.05) is 42.5 Å². The molecular formula is C31H31N3O. The molecule has 5 rings (SSSR count). The molecule has 0 saturated carbocycles. The average Bonchev–Trinajstić information content (AvgIpc) is 3.32. The van der Waals surface area contributed by atoms with Gasteiger partial charge in [0.15, 0.2) is 0 Å². The van der Waals surface area contributed by atoms with Crippen LogP contribution in [0.4, 0.5) is 5.69 Å². The number of benzene rings is 4. The van der Waals surface area contributed by atoms with Crippen molar-refractivity contribution in [3.63, 3.8) is 0 Å². The topological polar surface area (TPSA) is 35.6 Å². The molecule has 4 heteroatoms. The van der Waals surface area contributed by atoms with Gasteiger partial charge in [0.05, 0.1) is 0 Å². The second-order valence-electron chi connectivity index (χ2n) is 9.33. The van der Waals surface area contributed by atoms with Crippen molar-refractivity contribution in [2.45, 2.75) is 32.7 Å². The predicted molar refractivity (Wildman–Crippen MR) is 142 cm³/mol. The summed E-state index contributed by atoms with van der Waals surface area (Å²) < 4.78 is 0. The van der Waals surface area contributed by atoms with Gasteiger partial charge in [0.2, 0.25) is 0 Å². The van der Waals surface area contributed by atoms with Gasteiger partial charge in [-0.3, -0.25) is 9.69 Å². The number of carbonyl (C=O) groups excluding carboxylic acids is 1. The highest BCUT2D eigenvalue weighted by Gasteiger charge is 2.20. The van der Waals surface area contributed by atoms with E-state index >= 15 is 0 Å². The Hall–Kier alpha value is -3.89. The van der Waals surface area contributed by atoms with Crippen LogP contribution in [0.15, 0.2) is 103 Å². The molecule has 0 fully saturated rings. The molecule has 0 radical (unpaired) electrons. The lowest BCUT2D eigenvalue weighted by molar-refractivity contribution is 0.0951. The molecule has 0 unspecified atom stereocenters. The molecule has 1 amide bonds. The van der Waals surface area contributed by atoms with Crippen LogP contribution in [0, 0.1) is 0 Å². The largest absolute Gasteiger partial charge is 0.363 e. The van der Waals surface area contributed by atoms with E-state index in [9.17, 15) is 4.79 Å². The Morgan fingerprint density at radius 2 is 1.37 bits per heavy atom.